The number of hydrogen-bond donors (Lipinski definition) is 1. The summed E-state index contributed by atoms with van der Waals surface area (Å²) in [4.78, 5) is 28.5. The van der Waals surface area contributed by atoms with E-state index in [1.165, 1.54) is 5.56 Å². The SMILES string of the molecule is COc1ccc(C2C[C@H]3CC[C@@H](C2)N3C(=O)CN2CCNC(=O)C2)cc1. The zero-order valence-corrected chi connectivity index (χ0v) is 15.3. The molecule has 26 heavy (non-hydrogen) atoms. The van der Waals surface area contributed by atoms with Crippen LogP contribution < -0.4 is 10.1 Å². The molecule has 2 bridgehead atoms. The molecule has 1 unspecified atom stereocenters. The van der Waals surface area contributed by atoms with E-state index >= 15 is 0 Å². The molecule has 6 heteroatoms. The van der Waals surface area contributed by atoms with Crippen molar-refractivity contribution in [3.63, 3.8) is 0 Å². The summed E-state index contributed by atoms with van der Waals surface area (Å²) in [6.07, 6.45) is 4.28. The predicted molar refractivity (Wildman–Crippen MR) is 98.1 cm³/mol. The first-order valence-corrected chi connectivity index (χ1v) is 9.58. The molecule has 0 spiro atoms. The minimum Gasteiger partial charge on any atom is -0.497 e. The van der Waals surface area contributed by atoms with Crippen LogP contribution in [0.15, 0.2) is 24.3 Å². The third-order valence-corrected chi connectivity index (χ3v) is 6.08. The topological polar surface area (TPSA) is 61.9 Å². The van der Waals surface area contributed by atoms with E-state index in [9.17, 15) is 9.59 Å². The Morgan fingerprint density at radius 1 is 1.19 bits per heavy atom. The highest BCUT2D eigenvalue weighted by Crippen LogP contribution is 2.43. The number of methoxy groups -OCH3 is 1. The molecule has 6 nitrogen and oxygen atoms in total. The summed E-state index contributed by atoms with van der Waals surface area (Å²) in [5.41, 5.74) is 1.35. The van der Waals surface area contributed by atoms with Crippen LogP contribution in [-0.4, -0.2) is 67.0 Å². The first-order valence-electron chi connectivity index (χ1n) is 9.58. The van der Waals surface area contributed by atoms with Gasteiger partial charge in [-0.3, -0.25) is 14.5 Å². The predicted octanol–water partition coefficient (Wildman–Crippen LogP) is 1.36. The third-order valence-electron chi connectivity index (χ3n) is 6.08. The number of piperidine rings is 1. The Hall–Kier alpha value is -2.08. The standard InChI is InChI=1S/C20H27N3O3/c1-26-18-6-2-14(3-7-18)15-10-16-4-5-17(11-15)23(16)20(25)13-22-9-8-21-19(24)12-22/h2-3,6-7,15-17H,4-5,8-13H2,1H3,(H,21,24)/t15?,16-,17+. The lowest BCUT2D eigenvalue weighted by molar-refractivity contribution is -0.138. The molecule has 3 aliphatic heterocycles. The van der Waals surface area contributed by atoms with Gasteiger partial charge in [-0.05, 0) is 49.3 Å². The number of rotatable bonds is 4. The minimum atomic E-state index is 0.0187. The van der Waals surface area contributed by atoms with Crippen LogP contribution >= 0.6 is 0 Å². The Labute approximate surface area is 154 Å². The van der Waals surface area contributed by atoms with Gasteiger partial charge in [-0.1, -0.05) is 12.1 Å². The van der Waals surface area contributed by atoms with E-state index in [4.69, 9.17) is 4.74 Å². The van der Waals surface area contributed by atoms with E-state index in [2.05, 4.69) is 22.3 Å². The molecule has 3 saturated heterocycles. The van der Waals surface area contributed by atoms with Crippen LogP contribution in [0.25, 0.3) is 0 Å². The van der Waals surface area contributed by atoms with Crippen molar-refractivity contribution in [3.05, 3.63) is 29.8 Å². The zero-order chi connectivity index (χ0) is 18.1. The maximum absolute atomic E-state index is 12.9. The van der Waals surface area contributed by atoms with Gasteiger partial charge in [-0.15, -0.1) is 0 Å². The molecule has 0 aliphatic carbocycles. The van der Waals surface area contributed by atoms with Crippen molar-refractivity contribution in [2.24, 2.45) is 0 Å². The molecule has 0 saturated carbocycles. The lowest BCUT2D eigenvalue weighted by atomic mass is 9.85. The summed E-state index contributed by atoms with van der Waals surface area (Å²) in [5, 5.41) is 2.81. The normalized spacial score (nSPS) is 28.7. The summed E-state index contributed by atoms with van der Waals surface area (Å²) < 4.78 is 5.25. The summed E-state index contributed by atoms with van der Waals surface area (Å²) in [5.74, 6) is 1.61. The fraction of sp³-hybridized carbons (Fsp3) is 0.600. The van der Waals surface area contributed by atoms with E-state index in [1.807, 2.05) is 17.0 Å². The van der Waals surface area contributed by atoms with Gasteiger partial charge in [0, 0.05) is 25.2 Å². The molecule has 0 radical (unpaired) electrons. The lowest BCUT2D eigenvalue weighted by Gasteiger charge is -2.40. The Bertz CT molecular complexity index is 661. The van der Waals surface area contributed by atoms with E-state index in [1.54, 1.807) is 7.11 Å². The van der Waals surface area contributed by atoms with Crippen molar-refractivity contribution >= 4 is 11.8 Å². The molecule has 0 aromatic heterocycles. The van der Waals surface area contributed by atoms with Gasteiger partial charge in [0.25, 0.3) is 0 Å². The number of ether oxygens (including phenoxy) is 1. The van der Waals surface area contributed by atoms with Crippen LogP contribution in [0.5, 0.6) is 5.75 Å². The second-order valence-corrected chi connectivity index (χ2v) is 7.69. The average molecular weight is 357 g/mol. The molecule has 3 aliphatic rings. The fourth-order valence-corrected chi connectivity index (χ4v) is 4.83. The molecule has 3 atom stereocenters. The van der Waals surface area contributed by atoms with E-state index in [-0.39, 0.29) is 11.8 Å². The van der Waals surface area contributed by atoms with Crippen molar-refractivity contribution < 1.29 is 14.3 Å². The van der Waals surface area contributed by atoms with Gasteiger partial charge in [-0.2, -0.15) is 0 Å². The van der Waals surface area contributed by atoms with Crippen LogP contribution in [0.2, 0.25) is 0 Å². The number of benzene rings is 1. The smallest absolute Gasteiger partial charge is 0.237 e. The average Bonchev–Trinajstić information content (AvgIpc) is 2.92. The Morgan fingerprint density at radius 2 is 1.88 bits per heavy atom. The van der Waals surface area contributed by atoms with Crippen molar-refractivity contribution in [1.82, 2.24) is 15.1 Å². The highest BCUT2D eigenvalue weighted by Gasteiger charge is 2.43. The molecule has 1 aromatic carbocycles. The van der Waals surface area contributed by atoms with Gasteiger partial charge in [0.05, 0.1) is 20.2 Å². The zero-order valence-electron chi connectivity index (χ0n) is 15.3. The Balaban J connectivity index is 1.40. The Kier molecular flexibility index (Phi) is 4.85. The second kappa shape index (κ2) is 7.27. The first-order chi connectivity index (χ1) is 12.6. The lowest BCUT2D eigenvalue weighted by Crippen LogP contribution is -2.54. The number of carbonyl (C=O) groups excluding carboxylic acids is 2. The first kappa shape index (κ1) is 17.3. The molecule has 3 fully saturated rings. The van der Waals surface area contributed by atoms with Crippen LogP contribution in [0.4, 0.5) is 0 Å². The molecular formula is C20H27N3O3. The maximum atomic E-state index is 12.9. The number of amides is 2. The van der Waals surface area contributed by atoms with E-state index in [0.29, 0.717) is 37.6 Å². The molecule has 140 valence electrons. The molecular weight excluding hydrogens is 330 g/mol. The molecule has 1 aromatic rings. The van der Waals surface area contributed by atoms with Gasteiger partial charge < -0.3 is 15.0 Å². The number of piperazine rings is 1. The van der Waals surface area contributed by atoms with Crippen molar-refractivity contribution in [2.75, 3.05) is 33.3 Å². The molecule has 4 rings (SSSR count). The molecule has 3 heterocycles. The Morgan fingerprint density at radius 3 is 2.50 bits per heavy atom. The monoisotopic (exact) mass is 357 g/mol. The highest BCUT2D eigenvalue weighted by atomic mass is 16.5. The van der Waals surface area contributed by atoms with Gasteiger partial charge >= 0.3 is 0 Å². The highest BCUT2D eigenvalue weighted by molar-refractivity contribution is 5.82. The molecule has 2 amide bonds. The summed E-state index contributed by atoms with van der Waals surface area (Å²) in [6.45, 7) is 2.10. The van der Waals surface area contributed by atoms with Crippen molar-refractivity contribution in [3.8, 4) is 5.75 Å². The maximum Gasteiger partial charge on any atom is 0.237 e. The number of nitrogens with one attached hydrogen (secondary N) is 1. The van der Waals surface area contributed by atoms with Gasteiger partial charge in [-0.25, -0.2) is 0 Å². The van der Waals surface area contributed by atoms with Crippen LogP contribution in [0.3, 0.4) is 0 Å². The van der Waals surface area contributed by atoms with Crippen LogP contribution in [0, 0.1) is 0 Å². The van der Waals surface area contributed by atoms with Crippen LogP contribution in [0.1, 0.15) is 37.2 Å². The fourth-order valence-electron chi connectivity index (χ4n) is 4.83. The van der Waals surface area contributed by atoms with E-state index in [0.717, 1.165) is 38.0 Å². The summed E-state index contributed by atoms with van der Waals surface area (Å²) in [7, 11) is 1.69. The number of hydrogen-bond acceptors (Lipinski definition) is 4. The second-order valence-electron chi connectivity index (χ2n) is 7.69. The van der Waals surface area contributed by atoms with Crippen molar-refractivity contribution in [2.45, 2.75) is 43.7 Å². The van der Waals surface area contributed by atoms with Gasteiger partial charge in [0.1, 0.15) is 5.75 Å². The minimum absolute atomic E-state index is 0.0187. The summed E-state index contributed by atoms with van der Waals surface area (Å²) in [6, 6.07) is 9.05. The van der Waals surface area contributed by atoms with Crippen molar-refractivity contribution in [1.29, 1.82) is 0 Å². The van der Waals surface area contributed by atoms with Gasteiger partial charge in [0.2, 0.25) is 11.8 Å². The van der Waals surface area contributed by atoms with E-state index < -0.39 is 0 Å². The largest absolute Gasteiger partial charge is 0.497 e. The van der Waals surface area contributed by atoms with Gasteiger partial charge in [0.15, 0.2) is 0 Å². The quantitative estimate of drug-likeness (QED) is 0.884. The number of nitrogens with zero attached hydrogens (tertiary/aromatic N) is 2. The summed E-state index contributed by atoms with van der Waals surface area (Å²) >= 11 is 0. The number of fused-ring (bicyclic) bond motifs is 2. The molecule has 1 N–H and O–H groups in total. The number of carbonyl (C=O) groups is 2. The third kappa shape index (κ3) is 3.43. The van der Waals surface area contributed by atoms with Crippen LogP contribution in [-0.2, 0) is 9.59 Å².